The number of fused-ring (bicyclic) bond motifs is 1. The van der Waals surface area contributed by atoms with Crippen molar-refractivity contribution in [3.8, 4) is 11.3 Å². The van der Waals surface area contributed by atoms with Crippen molar-refractivity contribution in [3.05, 3.63) is 27.6 Å². The summed E-state index contributed by atoms with van der Waals surface area (Å²) in [6.07, 6.45) is 4.96. The van der Waals surface area contributed by atoms with Gasteiger partial charge in [-0.2, -0.15) is 10.1 Å². The number of anilines is 2. The molecule has 2 aliphatic rings. The molecule has 1 aliphatic heterocycles. The van der Waals surface area contributed by atoms with Gasteiger partial charge in [-0.1, -0.05) is 11.6 Å². The Bertz CT molecular complexity index is 1180. The van der Waals surface area contributed by atoms with E-state index in [4.69, 9.17) is 17.3 Å². The van der Waals surface area contributed by atoms with Crippen molar-refractivity contribution in [3.63, 3.8) is 0 Å². The molecule has 1 saturated heterocycles. The highest BCUT2D eigenvalue weighted by Crippen LogP contribution is 2.47. The minimum absolute atomic E-state index is 0.108. The van der Waals surface area contributed by atoms with Crippen LogP contribution in [0, 0.1) is 5.41 Å². The lowest BCUT2D eigenvalue weighted by atomic mass is 9.77. The topological polar surface area (TPSA) is 106 Å². The number of piperidine rings is 1. The molecule has 4 heterocycles. The molecule has 1 atom stereocenters. The molecule has 10 heteroatoms. The predicted molar refractivity (Wildman–Crippen MR) is 114 cm³/mol. The average Bonchev–Trinajstić information content (AvgIpc) is 3.31. The number of aromatic nitrogens is 5. The van der Waals surface area contributed by atoms with E-state index in [2.05, 4.69) is 25.1 Å². The zero-order valence-electron chi connectivity index (χ0n) is 16.7. The number of nitrogens with two attached hydrogens (primary N) is 1. The monoisotopic (exact) mass is 431 g/mol. The summed E-state index contributed by atoms with van der Waals surface area (Å²) in [4.78, 5) is 24.0. The molecule has 5 rings (SSSR count). The molecule has 0 bridgehead atoms. The summed E-state index contributed by atoms with van der Waals surface area (Å²) in [7, 11) is 1.71. The number of alkyl halides is 1. The smallest absolute Gasteiger partial charge is 0.266 e. The second-order valence-corrected chi connectivity index (χ2v) is 8.84. The Hall–Kier alpha value is -2.68. The van der Waals surface area contributed by atoms with E-state index in [1.54, 1.807) is 17.7 Å². The number of rotatable bonds is 2. The molecule has 0 aromatic carbocycles. The summed E-state index contributed by atoms with van der Waals surface area (Å²) < 4.78 is 15.3. The largest absolute Gasteiger partial charge is 0.382 e. The summed E-state index contributed by atoms with van der Waals surface area (Å²) in [5, 5.41) is 7.77. The quantitative estimate of drug-likeness (QED) is 0.646. The molecule has 1 unspecified atom stereocenters. The fourth-order valence-electron chi connectivity index (χ4n) is 4.95. The minimum Gasteiger partial charge on any atom is -0.382 e. The average molecular weight is 432 g/mol. The van der Waals surface area contributed by atoms with Gasteiger partial charge < -0.3 is 10.6 Å². The van der Waals surface area contributed by atoms with E-state index in [-0.39, 0.29) is 21.8 Å². The first kappa shape index (κ1) is 19.3. The van der Waals surface area contributed by atoms with Gasteiger partial charge in [0.2, 0.25) is 5.95 Å². The van der Waals surface area contributed by atoms with E-state index in [0.717, 1.165) is 32.4 Å². The van der Waals surface area contributed by atoms with E-state index in [9.17, 15) is 9.18 Å². The molecule has 8 nitrogen and oxygen atoms in total. The van der Waals surface area contributed by atoms with E-state index in [1.165, 1.54) is 6.20 Å². The van der Waals surface area contributed by atoms with Gasteiger partial charge in [0.05, 0.1) is 10.7 Å². The third-order valence-electron chi connectivity index (χ3n) is 6.71. The highest BCUT2D eigenvalue weighted by Gasteiger charge is 2.42. The molecule has 30 heavy (non-hydrogen) atoms. The molecular weight excluding hydrogens is 409 g/mol. The van der Waals surface area contributed by atoms with Gasteiger partial charge in [-0.15, -0.1) is 0 Å². The molecule has 158 valence electrons. The van der Waals surface area contributed by atoms with Crippen LogP contribution in [0.15, 0.2) is 17.1 Å². The molecule has 1 spiro atoms. The molecule has 0 radical (unpaired) electrons. The summed E-state index contributed by atoms with van der Waals surface area (Å²) in [6.45, 7) is 1.50. The molecule has 1 saturated carbocycles. The molecule has 0 amide bonds. The lowest BCUT2D eigenvalue weighted by molar-refractivity contribution is 0.203. The third kappa shape index (κ3) is 2.94. The van der Waals surface area contributed by atoms with Crippen molar-refractivity contribution in [2.75, 3.05) is 23.7 Å². The van der Waals surface area contributed by atoms with Crippen LogP contribution in [-0.4, -0.2) is 44.0 Å². The lowest BCUT2D eigenvalue weighted by Crippen LogP contribution is -2.42. The van der Waals surface area contributed by atoms with Crippen molar-refractivity contribution < 1.29 is 4.39 Å². The van der Waals surface area contributed by atoms with Crippen LogP contribution >= 0.6 is 11.6 Å². The molecular formula is C20H23ClFN7O. The van der Waals surface area contributed by atoms with E-state index in [1.807, 2.05) is 0 Å². The Morgan fingerprint density at radius 1 is 1.33 bits per heavy atom. The maximum atomic E-state index is 13.8. The standard InChI is InChI=1S/C20H23ClFN7O/c1-28-18(30)13-15(12-3-7-24-16(23)14(12)21)26-27-17(13)25-19(28)29-8-5-20(6-9-29)4-2-11(22)10-20/h3,7,11H,2,4-6,8-10H2,1H3,(H2,23,24)(H,26,27). The number of hydrogen-bond donors (Lipinski definition) is 2. The van der Waals surface area contributed by atoms with Gasteiger partial charge in [0, 0.05) is 31.9 Å². The number of pyridine rings is 1. The van der Waals surface area contributed by atoms with Gasteiger partial charge in [-0.3, -0.25) is 14.5 Å². The van der Waals surface area contributed by atoms with Crippen molar-refractivity contribution in [1.82, 2.24) is 24.7 Å². The molecule has 3 aromatic heterocycles. The third-order valence-corrected chi connectivity index (χ3v) is 7.10. The maximum absolute atomic E-state index is 13.8. The predicted octanol–water partition coefficient (Wildman–Crippen LogP) is 3.06. The highest BCUT2D eigenvalue weighted by molar-refractivity contribution is 6.35. The van der Waals surface area contributed by atoms with Crippen molar-refractivity contribution >= 4 is 34.4 Å². The summed E-state index contributed by atoms with van der Waals surface area (Å²) in [5.74, 6) is 0.763. The van der Waals surface area contributed by atoms with Crippen LogP contribution in [0.1, 0.15) is 32.1 Å². The van der Waals surface area contributed by atoms with Gasteiger partial charge in [0.25, 0.3) is 5.56 Å². The number of nitrogen functional groups attached to an aromatic ring is 1. The zero-order chi connectivity index (χ0) is 21.0. The fourth-order valence-corrected chi connectivity index (χ4v) is 5.15. The van der Waals surface area contributed by atoms with Crippen LogP contribution in [-0.2, 0) is 7.05 Å². The Morgan fingerprint density at radius 3 is 2.80 bits per heavy atom. The lowest BCUT2D eigenvalue weighted by Gasteiger charge is -2.40. The first-order valence-corrected chi connectivity index (χ1v) is 10.5. The van der Waals surface area contributed by atoms with Gasteiger partial charge in [0.15, 0.2) is 5.65 Å². The molecule has 3 N–H and O–H groups in total. The Labute approximate surface area is 177 Å². The molecule has 1 aliphatic carbocycles. The van der Waals surface area contributed by atoms with Crippen LogP contribution < -0.4 is 16.2 Å². The van der Waals surface area contributed by atoms with Crippen LogP contribution in [0.3, 0.4) is 0 Å². The Balaban J connectivity index is 1.51. The van der Waals surface area contributed by atoms with Crippen LogP contribution in [0.4, 0.5) is 16.2 Å². The van der Waals surface area contributed by atoms with Gasteiger partial charge in [-0.05, 0) is 43.6 Å². The van der Waals surface area contributed by atoms with E-state index >= 15 is 0 Å². The number of nitrogens with one attached hydrogen (secondary N) is 1. The molecule has 2 fully saturated rings. The highest BCUT2D eigenvalue weighted by atomic mass is 35.5. The summed E-state index contributed by atoms with van der Waals surface area (Å²) in [6, 6.07) is 1.68. The number of nitrogens with zero attached hydrogens (tertiary/aromatic N) is 5. The number of hydrogen-bond acceptors (Lipinski definition) is 6. The van der Waals surface area contributed by atoms with Gasteiger partial charge >= 0.3 is 0 Å². The van der Waals surface area contributed by atoms with Crippen LogP contribution in [0.5, 0.6) is 0 Å². The van der Waals surface area contributed by atoms with Crippen LogP contribution in [0.2, 0.25) is 5.02 Å². The fraction of sp³-hybridized carbons (Fsp3) is 0.500. The van der Waals surface area contributed by atoms with Crippen molar-refractivity contribution in [2.24, 2.45) is 12.5 Å². The Kier molecular flexibility index (Phi) is 4.46. The second kappa shape index (κ2) is 6.94. The number of aromatic amines is 1. The Morgan fingerprint density at radius 2 is 2.10 bits per heavy atom. The zero-order valence-corrected chi connectivity index (χ0v) is 17.4. The SMILES string of the molecule is Cn1c(N2CCC3(CCC(F)C3)CC2)nc2n[nH]c(-c3ccnc(N)c3Cl)c2c1=O. The van der Waals surface area contributed by atoms with Crippen molar-refractivity contribution in [2.45, 2.75) is 38.3 Å². The van der Waals surface area contributed by atoms with Crippen molar-refractivity contribution in [1.29, 1.82) is 0 Å². The van der Waals surface area contributed by atoms with Gasteiger partial charge in [-0.25, -0.2) is 9.37 Å². The normalized spacial score (nSPS) is 21.0. The van der Waals surface area contributed by atoms with E-state index in [0.29, 0.717) is 41.1 Å². The first-order valence-electron chi connectivity index (χ1n) is 10.1. The maximum Gasteiger partial charge on any atom is 0.266 e. The number of halogens is 2. The van der Waals surface area contributed by atoms with E-state index < -0.39 is 6.17 Å². The minimum atomic E-state index is -0.674. The first-order chi connectivity index (χ1) is 14.4. The molecule has 3 aromatic rings. The second-order valence-electron chi connectivity index (χ2n) is 8.46. The van der Waals surface area contributed by atoms with Crippen LogP contribution in [0.25, 0.3) is 22.3 Å². The number of H-pyrrole nitrogens is 1. The summed E-state index contributed by atoms with van der Waals surface area (Å²) in [5.41, 5.74) is 7.07. The summed E-state index contributed by atoms with van der Waals surface area (Å²) >= 11 is 6.30. The van der Waals surface area contributed by atoms with Gasteiger partial charge in [0.1, 0.15) is 17.4 Å².